The normalized spacial score (nSPS) is 15.2. The van der Waals surface area contributed by atoms with Crippen molar-refractivity contribution in [1.82, 2.24) is 8.87 Å². The topological polar surface area (TPSA) is 117 Å². The monoisotopic (exact) mass is 533 g/mol. The minimum Gasteiger partial charge on any atom is -0.492 e. The van der Waals surface area contributed by atoms with Crippen LogP contribution in [0, 0.1) is 0 Å². The van der Waals surface area contributed by atoms with Gasteiger partial charge in [-0.3, -0.25) is 9.59 Å². The van der Waals surface area contributed by atoms with Gasteiger partial charge in [-0.1, -0.05) is 17.4 Å². The van der Waals surface area contributed by atoms with Crippen LogP contribution in [-0.4, -0.2) is 68.7 Å². The molecule has 0 saturated carbocycles. The van der Waals surface area contributed by atoms with Gasteiger partial charge in [-0.2, -0.15) is 9.30 Å². The fraction of sp³-hybridized carbons (Fsp3) is 0.375. The summed E-state index contributed by atoms with van der Waals surface area (Å²) in [5.41, 5.74) is 0.872. The molecular weight excluding hydrogens is 506 g/mol. The number of carbonyl (C=O) groups excluding carboxylic acids is 2. The SMILES string of the molecule is CCOC(=O)Cn1c(=NC(=O)c2ccc(S(=O)(=O)N3CCOCC3)cc2)sc2cccc(OCC)c21. The molecule has 10 nitrogen and oxygen atoms in total. The van der Waals surface area contributed by atoms with E-state index in [2.05, 4.69) is 4.99 Å². The van der Waals surface area contributed by atoms with Crippen molar-refractivity contribution in [1.29, 1.82) is 0 Å². The van der Waals surface area contributed by atoms with Gasteiger partial charge >= 0.3 is 5.97 Å². The standard InChI is InChI=1S/C24H27N3O7S2/c1-3-33-19-6-5-7-20-22(19)27(16-21(28)34-4-2)24(35-20)25-23(29)17-8-10-18(11-9-17)36(30,31)26-12-14-32-15-13-26/h5-11H,3-4,12-16H2,1-2H3. The lowest BCUT2D eigenvalue weighted by Gasteiger charge is -2.26. The van der Waals surface area contributed by atoms with E-state index in [4.69, 9.17) is 14.2 Å². The van der Waals surface area contributed by atoms with Gasteiger partial charge in [0.1, 0.15) is 17.8 Å². The molecule has 2 aromatic carbocycles. The minimum atomic E-state index is -3.67. The molecule has 192 valence electrons. The molecule has 0 N–H and O–H groups in total. The molecule has 0 atom stereocenters. The van der Waals surface area contributed by atoms with Crippen LogP contribution in [-0.2, 0) is 30.8 Å². The summed E-state index contributed by atoms with van der Waals surface area (Å²) in [6, 6.07) is 11.2. The first-order valence-corrected chi connectivity index (χ1v) is 13.8. The Kier molecular flexibility index (Phi) is 8.19. The zero-order chi connectivity index (χ0) is 25.7. The van der Waals surface area contributed by atoms with Gasteiger partial charge in [0.05, 0.1) is 36.0 Å². The van der Waals surface area contributed by atoms with E-state index in [0.717, 1.165) is 4.70 Å². The summed E-state index contributed by atoms with van der Waals surface area (Å²) in [7, 11) is -3.67. The summed E-state index contributed by atoms with van der Waals surface area (Å²) < 4.78 is 45.5. The Labute approximate surface area is 212 Å². The lowest BCUT2D eigenvalue weighted by molar-refractivity contribution is -0.143. The highest BCUT2D eigenvalue weighted by molar-refractivity contribution is 7.89. The molecule has 1 saturated heterocycles. The van der Waals surface area contributed by atoms with Crippen LogP contribution in [0.5, 0.6) is 5.75 Å². The number of hydrogen-bond acceptors (Lipinski definition) is 8. The zero-order valence-electron chi connectivity index (χ0n) is 20.0. The van der Waals surface area contributed by atoms with Gasteiger partial charge in [0.15, 0.2) is 4.80 Å². The van der Waals surface area contributed by atoms with E-state index in [1.54, 1.807) is 17.6 Å². The lowest BCUT2D eigenvalue weighted by Crippen LogP contribution is -2.40. The summed E-state index contributed by atoms with van der Waals surface area (Å²) in [4.78, 5) is 30.0. The third-order valence-electron chi connectivity index (χ3n) is 5.46. The van der Waals surface area contributed by atoms with Gasteiger partial charge in [0.2, 0.25) is 10.0 Å². The van der Waals surface area contributed by atoms with Gasteiger partial charge < -0.3 is 18.8 Å². The number of carbonyl (C=O) groups is 2. The Morgan fingerprint density at radius 1 is 1.06 bits per heavy atom. The van der Waals surface area contributed by atoms with Gasteiger partial charge in [-0.05, 0) is 50.2 Å². The molecule has 2 heterocycles. The molecule has 0 unspecified atom stereocenters. The van der Waals surface area contributed by atoms with E-state index in [0.29, 0.717) is 35.9 Å². The van der Waals surface area contributed by atoms with Gasteiger partial charge in [0, 0.05) is 18.7 Å². The molecule has 1 fully saturated rings. The predicted octanol–water partition coefficient (Wildman–Crippen LogP) is 2.43. The van der Waals surface area contributed by atoms with Crippen molar-refractivity contribution in [3.8, 4) is 5.75 Å². The van der Waals surface area contributed by atoms with Crippen molar-refractivity contribution in [2.45, 2.75) is 25.3 Å². The third kappa shape index (κ3) is 5.51. The molecule has 36 heavy (non-hydrogen) atoms. The molecule has 0 radical (unpaired) electrons. The van der Waals surface area contributed by atoms with Gasteiger partial charge in [-0.25, -0.2) is 8.42 Å². The Morgan fingerprint density at radius 2 is 1.78 bits per heavy atom. The molecule has 0 aliphatic carbocycles. The average molecular weight is 534 g/mol. The van der Waals surface area contributed by atoms with Crippen LogP contribution in [0.1, 0.15) is 24.2 Å². The van der Waals surface area contributed by atoms with Crippen LogP contribution in [0.15, 0.2) is 52.4 Å². The predicted molar refractivity (Wildman–Crippen MR) is 134 cm³/mol. The molecule has 1 aliphatic rings. The van der Waals surface area contributed by atoms with Crippen LogP contribution in [0.4, 0.5) is 0 Å². The van der Waals surface area contributed by atoms with Crippen LogP contribution in [0.3, 0.4) is 0 Å². The molecule has 12 heteroatoms. The summed E-state index contributed by atoms with van der Waals surface area (Å²) in [6.45, 7) is 5.37. The van der Waals surface area contributed by atoms with E-state index in [1.165, 1.54) is 39.9 Å². The first-order valence-electron chi connectivity index (χ1n) is 11.5. The van der Waals surface area contributed by atoms with Crippen molar-refractivity contribution < 1.29 is 32.2 Å². The maximum atomic E-state index is 13.0. The Hall–Kier alpha value is -3.06. The van der Waals surface area contributed by atoms with Crippen LogP contribution < -0.4 is 9.54 Å². The maximum Gasteiger partial charge on any atom is 0.326 e. The molecular formula is C24H27N3O7S2. The number of morpholine rings is 1. The van der Waals surface area contributed by atoms with Crippen molar-refractivity contribution in [3.63, 3.8) is 0 Å². The Morgan fingerprint density at radius 3 is 2.44 bits per heavy atom. The second-order valence-corrected chi connectivity index (χ2v) is 10.7. The summed E-state index contributed by atoms with van der Waals surface area (Å²) >= 11 is 1.25. The van der Waals surface area contributed by atoms with Crippen molar-refractivity contribution in [3.05, 3.63) is 52.8 Å². The van der Waals surface area contributed by atoms with Crippen LogP contribution in [0.2, 0.25) is 0 Å². The summed E-state index contributed by atoms with van der Waals surface area (Å²) in [5.74, 6) is -0.454. The fourth-order valence-electron chi connectivity index (χ4n) is 3.79. The van der Waals surface area contributed by atoms with Crippen molar-refractivity contribution in [2.75, 3.05) is 39.5 Å². The summed E-state index contributed by atoms with van der Waals surface area (Å²) in [6.07, 6.45) is 0. The second-order valence-electron chi connectivity index (χ2n) is 7.77. The smallest absolute Gasteiger partial charge is 0.326 e. The zero-order valence-corrected chi connectivity index (χ0v) is 21.6. The number of benzene rings is 2. The number of aromatic nitrogens is 1. The first kappa shape index (κ1) is 26.0. The van der Waals surface area contributed by atoms with E-state index >= 15 is 0 Å². The number of esters is 1. The maximum absolute atomic E-state index is 13.0. The number of hydrogen-bond donors (Lipinski definition) is 0. The molecule has 0 bridgehead atoms. The highest BCUT2D eigenvalue weighted by Crippen LogP contribution is 2.28. The quantitative estimate of drug-likeness (QED) is 0.408. The number of rotatable bonds is 8. The number of sulfonamides is 1. The van der Waals surface area contributed by atoms with E-state index in [9.17, 15) is 18.0 Å². The number of amides is 1. The molecule has 4 rings (SSSR count). The van der Waals surface area contributed by atoms with Crippen molar-refractivity contribution in [2.24, 2.45) is 4.99 Å². The largest absolute Gasteiger partial charge is 0.492 e. The number of fused-ring (bicyclic) bond motifs is 1. The first-order chi connectivity index (χ1) is 17.3. The molecule has 1 aliphatic heterocycles. The van der Waals surface area contributed by atoms with Crippen molar-refractivity contribution >= 4 is 43.5 Å². The minimum absolute atomic E-state index is 0.0987. The van der Waals surface area contributed by atoms with Gasteiger partial charge in [-0.15, -0.1) is 0 Å². The van der Waals surface area contributed by atoms with Crippen LogP contribution in [0.25, 0.3) is 10.2 Å². The van der Waals surface area contributed by atoms with E-state index < -0.39 is 21.9 Å². The van der Waals surface area contributed by atoms with E-state index in [-0.39, 0.29) is 36.7 Å². The summed E-state index contributed by atoms with van der Waals surface area (Å²) in [5, 5.41) is 0. The lowest BCUT2D eigenvalue weighted by atomic mass is 10.2. The molecule has 1 amide bonds. The number of thiazole rings is 1. The molecule has 1 aromatic heterocycles. The highest BCUT2D eigenvalue weighted by atomic mass is 32.2. The van der Waals surface area contributed by atoms with E-state index in [1.807, 2.05) is 19.1 Å². The number of nitrogens with zero attached hydrogens (tertiary/aromatic N) is 3. The Bertz CT molecular complexity index is 1420. The molecule has 0 spiro atoms. The van der Waals surface area contributed by atoms with Crippen LogP contribution >= 0.6 is 11.3 Å². The van der Waals surface area contributed by atoms with Gasteiger partial charge in [0.25, 0.3) is 5.91 Å². The average Bonchev–Trinajstić information content (AvgIpc) is 3.22. The number of ether oxygens (including phenoxy) is 3. The second kappa shape index (κ2) is 11.3. The third-order valence-corrected chi connectivity index (χ3v) is 8.42. The molecule has 3 aromatic rings. The fourth-order valence-corrected chi connectivity index (χ4v) is 6.25. The number of para-hydroxylation sites is 1. The highest BCUT2D eigenvalue weighted by Gasteiger charge is 2.26. The Balaban J connectivity index is 1.69.